The summed E-state index contributed by atoms with van der Waals surface area (Å²) in [5, 5.41) is 0. The Bertz CT molecular complexity index is 830. The van der Waals surface area contributed by atoms with Crippen LogP contribution in [-0.2, 0) is 4.79 Å². The summed E-state index contributed by atoms with van der Waals surface area (Å²) < 4.78 is 0. The van der Waals surface area contributed by atoms with Crippen LogP contribution in [0.25, 0.3) is 11.3 Å². The zero-order valence-electron chi connectivity index (χ0n) is 13.9. The summed E-state index contributed by atoms with van der Waals surface area (Å²) in [6, 6.07) is 10.0. The summed E-state index contributed by atoms with van der Waals surface area (Å²) in [7, 11) is 0. The van der Waals surface area contributed by atoms with Crippen molar-refractivity contribution in [3.63, 3.8) is 0 Å². The molecule has 128 valence electrons. The lowest BCUT2D eigenvalue weighted by Crippen LogP contribution is -2.43. The number of nitrogens with two attached hydrogens (primary N) is 1. The molecule has 0 bridgehead atoms. The molecule has 1 aromatic carbocycles. The maximum absolute atomic E-state index is 12.7. The number of benzene rings is 1. The van der Waals surface area contributed by atoms with E-state index in [1.54, 1.807) is 30.3 Å². The predicted octanol–water partition coefficient (Wildman–Crippen LogP) is 2.04. The molecule has 6 heteroatoms. The van der Waals surface area contributed by atoms with Crippen molar-refractivity contribution in [1.29, 1.82) is 0 Å². The minimum Gasteiger partial charge on any atom is -0.368 e. The fourth-order valence-electron chi connectivity index (χ4n) is 3.06. The van der Waals surface area contributed by atoms with Crippen molar-refractivity contribution in [1.82, 2.24) is 9.88 Å². The van der Waals surface area contributed by atoms with E-state index < -0.39 is 11.9 Å². The summed E-state index contributed by atoms with van der Waals surface area (Å²) in [6.07, 6.45) is 2.90. The van der Waals surface area contributed by atoms with Gasteiger partial charge in [-0.05, 0) is 44.0 Å². The molecule has 2 amide bonds. The van der Waals surface area contributed by atoms with Gasteiger partial charge in [0.15, 0.2) is 5.78 Å². The first-order chi connectivity index (χ1) is 12.0. The van der Waals surface area contributed by atoms with Crippen molar-refractivity contribution in [2.75, 3.05) is 6.54 Å². The van der Waals surface area contributed by atoms with E-state index in [2.05, 4.69) is 4.98 Å². The van der Waals surface area contributed by atoms with Gasteiger partial charge >= 0.3 is 0 Å². The maximum atomic E-state index is 12.7. The number of amides is 2. The normalized spacial score (nSPS) is 16.7. The Morgan fingerprint density at radius 2 is 1.96 bits per heavy atom. The Hall–Kier alpha value is -3.02. The Kier molecular flexibility index (Phi) is 4.61. The zero-order chi connectivity index (χ0) is 18.0. The summed E-state index contributed by atoms with van der Waals surface area (Å²) in [4.78, 5) is 41.4. The van der Waals surface area contributed by atoms with Gasteiger partial charge in [0.05, 0.1) is 5.69 Å². The van der Waals surface area contributed by atoms with Crippen molar-refractivity contribution in [2.45, 2.75) is 25.8 Å². The molecular formula is C19H19N3O3. The number of aromatic nitrogens is 1. The van der Waals surface area contributed by atoms with E-state index in [0.29, 0.717) is 29.8 Å². The van der Waals surface area contributed by atoms with Crippen LogP contribution in [0.4, 0.5) is 0 Å². The monoisotopic (exact) mass is 337 g/mol. The molecule has 1 atom stereocenters. The average molecular weight is 337 g/mol. The molecule has 2 heterocycles. The van der Waals surface area contributed by atoms with Gasteiger partial charge < -0.3 is 10.6 Å². The number of hydrogen-bond acceptors (Lipinski definition) is 4. The van der Waals surface area contributed by atoms with Crippen molar-refractivity contribution < 1.29 is 14.4 Å². The minimum atomic E-state index is -0.538. The lowest BCUT2D eigenvalue weighted by molar-refractivity contribution is -0.121. The van der Waals surface area contributed by atoms with Gasteiger partial charge in [-0.2, -0.15) is 0 Å². The Balaban J connectivity index is 1.87. The number of rotatable bonds is 4. The van der Waals surface area contributed by atoms with Crippen LogP contribution < -0.4 is 5.73 Å². The number of primary amides is 1. The van der Waals surface area contributed by atoms with Gasteiger partial charge in [0.25, 0.3) is 5.91 Å². The van der Waals surface area contributed by atoms with E-state index in [-0.39, 0.29) is 11.7 Å². The van der Waals surface area contributed by atoms with E-state index >= 15 is 0 Å². The molecule has 6 nitrogen and oxygen atoms in total. The molecule has 3 rings (SSSR count). The molecule has 0 unspecified atom stereocenters. The molecule has 2 N–H and O–H groups in total. The lowest BCUT2D eigenvalue weighted by atomic mass is 10.1. The highest BCUT2D eigenvalue weighted by Gasteiger charge is 2.33. The second kappa shape index (κ2) is 6.84. The third-order valence-electron chi connectivity index (χ3n) is 4.42. The maximum Gasteiger partial charge on any atom is 0.254 e. The summed E-state index contributed by atoms with van der Waals surface area (Å²) in [5.41, 5.74) is 7.87. The first-order valence-corrected chi connectivity index (χ1v) is 8.15. The number of carbonyl (C=O) groups excluding carboxylic acids is 3. The van der Waals surface area contributed by atoms with E-state index in [1.165, 1.54) is 18.0 Å². The molecule has 1 aliphatic rings. The van der Waals surface area contributed by atoms with Crippen LogP contribution >= 0.6 is 0 Å². The molecule has 0 radical (unpaired) electrons. The van der Waals surface area contributed by atoms with Crippen LogP contribution in [0, 0.1) is 0 Å². The first kappa shape index (κ1) is 16.8. The minimum absolute atomic E-state index is 0.0468. The Morgan fingerprint density at radius 3 is 2.60 bits per heavy atom. The number of pyridine rings is 1. The molecular weight excluding hydrogens is 318 g/mol. The van der Waals surface area contributed by atoms with Crippen LogP contribution in [0.3, 0.4) is 0 Å². The van der Waals surface area contributed by atoms with E-state index in [1.807, 2.05) is 6.07 Å². The third-order valence-corrected chi connectivity index (χ3v) is 4.42. The number of carbonyl (C=O) groups is 3. The van der Waals surface area contributed by atoms with Gasteiger partial charge in [0.2, 0.25) is 5.91 Å². The molecule has 2 aromatic rings. The van der Waals surface area contributed by atoms with Crippen molar-refractivity contribution in [3.8, 4) is 11.3 Å². The Labute approximate surface area is 145 Å². The molecule has 1 fully saturated rings. The molecule has 1 aliphatic heterocycles. The second-order valence-electron chi connectivity index (χ2n) is 6.13. The standard InChI is InChI=1S/C19H19N3O3/c1-12(23)15-7-8-16(21-11-15)13-4-2-5-14(10-13)19(25)22-9-3-6-17(22)18(20)24/h2,4-5,7-8,10-11,17H,3,6,9H2,1H3,(H2,20,24)/t17-/m0/s1. The van der Waals surface area contributed by atoms with E-state index in [4.69, 9.17) is 5.73 Å². The van der Waals surface area contributed by atoms with E-state index in [9.17, 15) is 14.4 Å². The van der Waals surface area contributed by atoms with Crippen molar-refractivity contribution in [2.24, 2.45) is 5.73 Å². The lowest BCUT2D eigenvalue weighted by Gasteiger charge is -2.22. The summed E-state index contributed by atoms with van der Waals surface area (Å²) in [5.74, 6) is -0.721. The number of ketones is 1. The first-order valence-electron chi connectivity index (χ1n) is 8.15. The summed E-state index contributed by atoms with van der Waals surface area (Å²) in [6.45, 7) is 2.02. The summed E-state index contributed by atoms with van der Waals surface area (Å²) >= 11 is 0. The molecule has 0 aliphatic carbocycles. The van der Waals surface area contributed by atoms with Gasteiger partial charge in [-0.3, -0.25) is 19.4 Å². The highest BCUT2D eigenvalue weighted by Crippen LogP contribution is 2.23. The number of Topliss-reactive ketones (excluding diaryl/α,β-unsaturated/α-hetero) is 1. The molecule has 0 saturated carbocycles. The second-order valence-corrected chi connectivity index (χ2v) is 6.13. The van der Waals surface area contributed by atoms with Crippen molar-refractivity contribution in [3.05, 3.63) is 53.7 Å². The number of likely N-dealkylation sites (tertiary alicyclic amines) is 1. The number of nitrogens with zero attached hydrogens (tertiary/aromatic N) is 2. The smallest absolute Gasteiger partial charge is 0.254 e. The van der Waals surface area contributed by atoms with Gasteiger partial charge in [-0.25, -0.2) is 0 Å². The average Bonchev–Trinajstić information content (AvgIpc) is 3.11. The predicted molar refractivity (Wildman–Crippen MR) is 92.9 cm³/mol. The topological polar surface area (TPSA) is 93.4 Å². The Morgan fingerprint density at radius 1 is 1.16 bits per heavy atom. The fraction of sp³-hybridized carbons (Fsp3) is 0.263. The fourth-order valence-corrected chi connectivity index (χ4v) is 3.06. The van der Waals surface area contributed by atoms with Crippen LogP contribution in [0.15, 0.2) is 42.6 Å². The van der Waals surface area contributed by atoms with Crippen LogP contribution in [0.5, 0.6) is 0 Å². The largest absolute Gasteiger partial charge is 0.368 e. The molecule has 0 spiro atoms. The van der Waals surface area contributed by atoms with Crippen LogP contribution in [0.2, 0.25) is 0 Å². The quantitative estimate of drug-likeness (QED) is 0.864. The SMILES string of the molecule is CC(=O)c1ccc(-c2cccc(C(=O)N3CCC[C@H]3C(N)=O)c2)nc1. The van der Waals surface area contributed by atoms with Crippen LogP contribution in [0.1, 0.15) is 40.5 Å². The molecule has 1 saturated heterocycles. The van der Waals surface area contributed by atoms with Crippen molar-refractivity contribution >= 4 is 17.6 Å². The zero-order valence-corrected chi connectivity index (χ0v) is 13.9. The van der Waals surface area contributed by atoms with Gasteiger partial charge in [0, 0.05) is 29.4 Å². The highest BCUT2D eigenvalue weighted by atomic mass is 16.2. The third kappa shape index (κ3) is 3.42. The van der Waals surface area contributed by atoms with Gasteiger partial charge in [-0.1, -0.05) is 12.1 Å². The van der Waals surface area contributed by atoms with Gasteiger partial charge in [-0.15, -0.1) is 0 Å². The molecule has 1 aromatic heterocycles. The van der Waals surface area contributed by atoms with Gasteiger partial charge in [0.1, 0.15) is 6.04 Å². The highest BCUT2D eigenvalue weighted by molar-refractivity contribution is 5.98. The van der Waals surface area contributed by atoms with Crippen LogP contribution in [-0.4, -0.2) is 40.1 Å². The molecule has 25 heavy (non-hydrogen) atoms. The number of hydrogen-bond donors (Lipinski definition) is 1. The van der Waals surface area contributed by atoms with E-state index in [0.717, 1.165) is 12.0 Å².